The lowest BCUT2D eigenvalue weighted by molar-refractivity contribution is -0.387. The minimum Gasteiger partial charge on any atom is -0.458 e. The Morgan fingerprint density at radius 2 is 1.41 bits per heavy atom. The Kier molecular flexibility index (Phi) is 14.9. The van der Waals surface area contributed by atoms with Crippen LogP contribution >= 0.6 is 0 Å². The van der Waals surface area contributed by atoms with Crippen LogP contribution in [-0.4, -0.2) is 113 Å². The van der Waals surface area contributed by atoms with Gasteiger partial charge in [0.25, 0.3) is 5.60 Å². The highest BCUT2D eigenvalue weighted by Crippen LogP contribution is 2.58. The van der Waals surface area contributed by atoms with Crippen LogP contribution in [-0.2, 0) is 68.2 Å². The highest BCUT2D eigenvalue weighted by molar-refractivity contribution is 6.00. The van der Waals surface area contributed by atoms with Crippen molar-refractivity contribution >= 4 is 30.0 Å². The number of carbonyl (C=O) groups is 5. The van der Waals surface area contributed by atoms with E-state index in [-0.39, 0.29) is 18.8 Å². The Morgan fingerprint density at radius 3 is 1.90 bits per heavy atom. The summed E-state index contributed by atoms with van der Waals surface area (Å²) in [6, 6.07) is 9.55. The summed E-state index contributed by atoms with van der Waals surface area (Å²) in [4.78, 5) is 70.1. The summed E-state index contributed by atoms with van der Waals surface area (Å²) in [5.41, 5.74) is -9.20. The standard InChI is InChI=1S/C43H65NO15/c1-25(29(52-27(3)45)26(2)24-28-20-18-17-19-21-28)22-23-41-30(54-40(13,14)51-16)31(53-36(49)44-15)43(59-41,35(48)58-39(10,11)12)42(50,34(47)57-38(7,8)9)32(55-41)33(46)56-37(4,5)6/h17-21,26,29-32,50H,1,22-24H2,2-16H3,(H,44,49)/t26?,29?,30-,31-,32-,41-,42-,43-/m1/s1. The Labute approximate surface area is 347 Å². The zero-order chi connectivity index (χ0) is 45.2. The number of alkyl carbamates (subject to hydrolysis) is 1. The van der Waals surface area contributed by atoms with Crippen LogP contribution < -0.4 is 5.32 Å². The van der Waals surface area contributed by atoms with Crippen LogP contribution in [0, 0.1) is 5.92 Å². The largest absolute Gasteiger partial charge is 0.458 e. The van der Waals surface area contributed by atoms with E-state index in [1.165, 1.54) is 76.5 Å². The zero-order valence-corrected chi connectivity index (χ0v) is 37.3. The summed E-state index contributed by atoms with van der Waals surface area (Å²) in [5, 5.41) is 15.5. The van der Waals surface area contributed by atoms with Crippen molar-refractivity contribution in [2.45, 2.75) is 173 Å². The van der Waals surface area contributed by atoms with Gasteiger partial charge in [0.05, 0.1) is 0 Å². The van der Waals surface area contributed by atoms with Gasteiger partial charge in [0.1, 0.15) is 22.9 Å². The zero-order valence-electron chi connectivity index (χ0n) is 37.3. The smallest absolute Gasteiger partial charge is 0.407 e. The molecule has 3 rings (SSSR count). The number of benzene rings is 1. The molecule has 1 amide bonds. The van der Waals surface area contributed by atoms with Gasteiger partial charge in [-0.15, -0.1) is 0 Å². The number of hydrogen-bond donors (Lipinski definition) is 2. The van der Waals surface area contributed by atoms with E-state index in [1.54, 1.807) is 20.8 Å². The van der Waals surface area contributed by atoms with Crippen molar-refractivity contribution in [3.8, 4) is 0 Å². The van der Waals surface area contributed by atoms with Gasteiger partial charge in [-0.1, -0.05) is 43.8 Å². The quantitative estimate of drug-likeness (QED) is 0.100. The number of ether oxygens (including phenoxy) is 9. The first-order valence-electron chi connectivity index (χ1n) is 19.7. The second-order valence-electron chi connectivity index (χ2n) is 18.5. The monoisotopic (exact) mass is 835 g/mol. The molecule has 2 aliphatic heterocycles. The van der Waals surface area contributed by atoms with E-state index in [2.05, 4.69) is 11.9 Å². The molecule has 2 bridgehead atoms. The third kappa shape index (κ3) is 11.4. The van der Waals surface area contributed by atoms with Crippen molar-refractivity contribution in [2.75, 3.05) is 14.2 Å². The van der Waals surface area contributed by atoms with Gasteiger partial charge in [-0.2, -0.15) is 0 Å². The molecule has 0 spiro atoms. The summed E-state index contributed by atoms with van der Waals surface area (Å²) in [6.45, 7) is 24.1. The Hall–Kier alpha value is -4.09. The van der Waals surface area contributed by atoms with Gasteiger partial charge in [0, 0.05) is 33.4 Å². The Balaban J connectivity index is 2.44. The number of aliphatic hydroxyl groups is 1. The van der Waals surface area contributed by atoms with Gasteiger partial charge >= 0.3 is 30.0 Å². The molecule has 2 N–H and O–H groups in total. The van der Waals surface area contributed by atoms with Crippen molar-refractivity contribution in [1.82, 2.24) is 5.32 Å². The number of rotatable bonds is 15. The molecule has 0 saturated carbocycles. The third-order valence-corrected chi connectivity index (χ3v) is 9.49. The van der Waals surface area contributed by atoms with Crippen LogP contribution in [0.4, 0.5) is 4.79 Å². The minimum atomic E-state index is -3.50. The van der Waals surface area contributed by atoms with E-state index >= 15 is 4.79 Å². The molecule has 0 aliphatic carbocycles. The molecule has 2 aliphatic rings. The van der Waals surface area contributed by atoms with Gasteiger partial charge in [-0.3, -0.25) is 4.79 Å². The number of hydrogen-bond acceptors (Lipinski definition) is 15. The Bertz CT molecular complexity index is 1710. The van der Waals surface area contributed by atoms with Gasteiger partial charge in [0.2, 0.25) is 17.5 Å². The number of fused-ring (bicyclic) bond motifs is 2. The second-order valence-corrected chi connectivity index (χ2v) is 18.5. The lowest BCUT2D eigenvalue weighted by Crippen LogP contribution is -2.79. The third-order valence-electron chi connectivity index (χ3n) is 9.49. The van der Waals surface area contributed by atoms with E-state index in [9.17, 15) is 24.3 Å². The van der Waals surface area contributed by atoms with Gasteiger partial charge in [-0.05, 0) is 100 Å². The first-order valence-corrected chi connectivity index (χ1v) is 19.7. The molecular weight excluding hydrogens is 770 g/mol. The fraction of sp³-hybridized carbons (Fsp3) is 0.698. The average Bonchev–Trinajstić information content (AvgIpc) is 3.31. The highest BCUT2D eigenvalue weighted by Gasteiger charge is 2.87. The molecule has 16 nitrogen and oxygen atoms in total. The van der Waals surface area contributed by atoms with Crippen LogP contribution in [0.1, 0.15) is 108 Å². The van der Waals surface area contributed by atoms with Crippen LogP contribution in [0.5, 0.6) is 0 Å². The number of esters is 4. The maximum Gasteiger partial charge on any atom is 0.407 e. The van der Waals surface area contributed by atoms with Gasteiger partial charge in [0.15, 0.2) is 18.0 Å². The predicted molar refractivity (Wildman–Crippen MR) is 212 cm³/mol. The SMILES string of the molecule is C=C(CC[C@@]12O[C@H](C(=O)OC(C)(C)C)[C@@](O)(C(=O)OC(C)(C)C)[C@@](C(=O)OC(C)(C)C)(O1)[C@H](OC(=O)NC)[C@H]2OC(C)(C)OC)C(OC(C)=O)C(C)Cc1ccccc1. The molecule has 0 radical (unpaired) electrons. The van der Waals surface area contributed by atoms with Crippen molar-refractivity contribution in [3.63, 3.8) is 0 Å². The predicted octanol–water partition coefficient (Wildman–Crippen LogP) is 5.25. The molecule has 2 heterocycles. The van der Waals surface area contributed by atoms with Crippen molar-refractivity contribution in [2.24, 2.45) is 5.92 Å². The van der Waals surface area contributed by atoms with Crippen LogP contribution in [0.15, 0.2) is 42.5 Å². The lowest BCUT2D eigenvalue weighted by atomic mass is 9.74. The van der Waals surface area contributed by atoms with E-state index in [0.717, 1.165) is 5.56 Å². The summed E-state index contributed by atoms with van der Waals surface area (Å²) in [6.07, 6.45) is -8.32. The second kappa shape index (κ2) is 17.9. The minimum absolute atomic E-state index is 0.104. The summed E-state index contributed by atoms with van der Waals surface area (Å²) >= 11 is 0. The number of amides is 1. The van der Waals surface area contributed by atoms with Crippen LogP contribution in [0.25, 0.3) is 0 Å². The van der Waals surface area contributed by atoms with E-state index in [0.29, 0.717) is 12.0 Å². The molecule has 2 saturated heterocycles. The topological polar surface area (TPSA) is 201 Å². The van der Waals surface area contributed by atoms with Gasteiger partial charge in [-0.25, -0.2) is 19.2 Å². The molecule has 2 unspecified atom stereocenters. The molecule has 16 heteroatoms. The lowest BCUT2D eigenvalue weighted by Gasteiger charge is -2.51. The van der Waals surface area contributed by atoms with Crippen LogP contribution in [0.3, 0.4) is 0 Å². The fourth-order valence-corrected chi connectivity index (χ4v) is 6.98. The summed E-state index contributed by atoms with van der Waals surface area (Å²) in [5.74, 6) is -9.13. The first kappa shape index (κ1) is 49.3. The fourth-order valence-electron chi connectivity index (χ4n) is 6.98. The summed E-state index contributed by atoms with van der Waals surface area (Å²) < 4.78 is 54.4. The van der Waals surface area contributed by atoms with E-state index in [4.69, 9.17) is 42.6 Å². The number of nitrogens with one attached hydrogen (secondary N) is 1. The van der Waals surface area contributed by atoms with Gasteiger partial charge < -0.3 is 53.1 Å². The molecule has 332 valence electrons. The highest BCUT2D eigenvalue weighted by atomic mass is 16.8. The first-order chi connectivity index (χ1) is 26.9. The molecule has 1 aromatic rings. The van der Waals surface area contributed by atoms with E-state index < -0.39 is 94.0 Å². The number of methoxy groups -OCH3 is 1. The molecule has 8 atom stereocenters. The molecule has 59 heavy (non-hydrogen) atoms. The van der Waals surface area contributed by atoms with Crippen LogP contribution in [0.2, 0.25) is 0 Å². The maximum atomic E-state index is 15.1. The van der Waals surface area contributed by atoms with Crippen molar-refractivity contribution in [3.05, 3.63) is 48.0 Å². The molecule has 1 aromatic carbocycles. The molecule has 0 aromatic heterocycles. The molecular formula is C43H65NO15. The summed E-state index contributed by atoms with van der Waals surface area (Å²) in [7, 11) is 2.57. The van der Waals surface area contributed by atoms with Crippen molar-refractivity contribution in [1.29, 1.82) is 0 Å². The molecule has 2 fully saturated rings. The van der Waals surface area contributed by atoms with Crippen molar-refractivity contribution < 1.29 is 71.7 Å². The normalized spacial score (nSPS) is 26.8. The Morgan fingerprint density at radius 1 is 0.864 bits per heavy atom. The average molecular weight is 836 g/mol. The number of carbonyl (C=O) groups excluding carboxylic acids is 5. The van der Waals surface area contributed by atoms with E-state index in [1.807, 2.05) is 37.3 Å². The maximum absolute atomic E-state index is 15.1.